The van der Waals surface area contributed by atoms with Crippen LogP contribution in [0.25, 0.3) is 0 Å². The van der Waals surface area contributed by atoms with E-state index in [4.69, 9.17) is 5.84 Å². The summed E-state index contributed by atoms with van der Waals surface area (Å²) in [6.07, 6.45) is 1.71. The second kappa shape index (κ2) is 5.51. The van der Waals surface area contributed by atoms with Crippen LogP contribution in [0.15, 0.2) is 42.6 Å². The number of nitrogens with one attached hydrogen (secondary N) is 2. The normalized spacial score (nSPS) is 10.4. The zero-order chi connectivity index (χ0) is 13.0. The summed E-state index contributed by atoms with van der Waals surface area (Å²) >= 11 is 0. The highest BCUT2D eigenvalue weighted by Gasteiger charge is 2.00. The molecule has 2 rings (SSSR count). The lowest BCUT2D eigenvalue weighted by Gasteiger charge is -2.10. The zero-order valence-corrected chi connectivity index (χ0v) is 10.6. The molecule has 1 aromatic heterocycles. The van der Waals surface area contributed by atoms with E-state index in [9.17, 15) is 0 Å². The van der Waals surface area contributed by atoms with Crippen molar-refractivity contribution in [2.75, 3.05) is 10.7 Å². The predicted octanol–water partition coefficient (Wildman–Crippen LogP) is 3.23. The number of nitrogen functional groups attached to an aromatic ring is 1. The number of hydrogen-bond acceptors (Lipinski definition) is 4. The van der Waals surface area contributed by atoms with Crippen LogP contribution < -0.4 is 16.6 Å². The number of pyridine rings is 1. The lowest BCUT2D eigenvalue weighted by atomic mass is 10.0. The van der Waals surface area contributed by atoms with Crippen molar-refractivity contribution in [3.05, 3.63) is 48.2 Å². The minimum Gasteiger partial charge on any atom is -0.355 e. The second-order valence-electron chi connectivity index (χ2n) is 4.48. The number of hydrazine groups is 1. The Morgan fingerprint density at radius 2 is 1.78 bits per heavy atom. The van der Waals surface area contributed by atoms with Gasteiger partial charge in [0, 0.05) is 23.6 Å². The Morgan fingerprint density at radius 1 is 1.06 bits per heavy atom. The summed E-state index contributed by atoms with van der Waals surface area (Å²) in [4.78, 5) is 4.06. The van der Waals surface area contributed by atoms with Gasteiger partial charge in [-0.2, -0.15) is 0 Å². The van der Waals surface area contributed by atoms with Crippen molar-refractivity contribution in [1.82, 2.24) is 4.98 Å². The van der Waals surface area contributed by atoms with Crippen LogP contribution >= 0.6 is 0 Å². The molecule has 4 N–H and O–H groups in total. The number of nitrogens with two attached hydrogens (primary N) is 1. The molecule has 4 nitrogen and oxygen atoms in total. The summed E-state index contributed by atoms with van der Waals surface area (Å²) < 4.78 is 0. The van der Waals surface area contributed by atoms with Gasteiger partial charge in [-0.1, -0.05) is 26.0 Å². The molecule has 0 radical (unpaired) electrons. The van der Waals surface area contributed by atoms with Crippen LogP contribution in [0, 0.1) is 0 Å². The Labute approximate surface area is 107 Å². The van der Waals surface area contributed by atoms with Crippen molar-refractivity contribution in [3.8, 4) is 0 Å². The van der Waals surface area contributed by atoms with Crippen molar-refractivity contribution in [2.24, 2.45) is 5.84 Å². The average Bonchev–Trinajstić information content (AvgIpc) is 2.39. The molecule has 0 bridgehead atoms. The van der Waals surface area contributed by atoms with E-state index in [-0.39, 0.29) is 0 Å². The van der Waals surface area contributed by atoms with E-state index in [1.165, 1.54) is 5.56 Å². The fourth-order valence-corrected chi connectivity index (χ4v) is 1.71. The minimum absolute atomic E-state index is 0.549. The van der Waals surface area contributed by atoms with E-state index in [1.807, 2.05) is 12.1 Å². The van der Waals surface area contributed by atoms with Crippen LogP contribution in [-0.2, 0) is 0 Å². The molecule has 0 fully saturated rings. The zero-order valence-electron chi connectivity index (χ0n) is 10.6. The number of rotatable bonds is 4. The van der Waals surface area contributed by atoms with Gasteiger partial charge in [0.25, 0.3) is 0 Å². The summed E-state index contributed by atoms with van der Waals surface area (Å²) in [5, 5.41) is 3.31. The smallest absolute Gasteiger partial charge is 0.141 e. The Bertz CT molecular complexity index is 505. The molecule has 0 amide bonds. The highest BCUT2D eigenvalue weighted by Crippen LogP contribution is 2.21. The van der Waals surface area contributed by atoms with E-state index in [2.05, 4.69) is 53.8 Å². The SMILES string of the molecule is CC(C)c1ccc(Nc2ccnc(NN)c2)cc1. The first-order valence-corrected chi connectivity index (χ1v) is 5.98. The Morgan fingerprint density at radius 3 is 2.39 bits per heavy atom. The fourth-order valence-electron chi connectivity index (χ4n) is 1.71. The van der Waals surface area contributed by atoms with E-state index < -0.39 is 0 Å². The monoisotopic (exact) mass is 242 g/mol. The quantitative estimate of drug-likeness (QED) is 0.569. The Hall–Kier alpha value is -2.07. The lowest BCUT2D eigenvalue weighted by Crippen LogP contribution is -2.08. The molecule has 2 aromatic rings. The van der Waals surface area contributed by atoms with Gasteiger partial charge in [0.15, 0.2) is 0 Å². The maximum Gasteiger partial charge on any atom is 0.141 e. The van der Waals surface area contributed by atoms with Crippen LogP contribution in [0.3, 0.4) is 0 Å². The van der Waals surface area contributed by atoms with Crippen LogP contribution in [0.4, 0.5) is 17.2 Å². The first-order chi connectivity index (χ1) is 8.69. The second-order valence-corrected chi connectivity index (χ2v) is 4.48. The molecule has 0 saturated heterocycles. The third-order valence-electron chi connectivity index (χ3n) is 2.77. The fraction of sp³-hybridized carbons (Fsp3) is 0.214. The third kappa shape index (κ3) is 2.99. The van der Waals surface area contributed by atoms with Crippen molar-refractivity contribution < 1.29 is 0 Å². The van der Waals surface area contributed by atoms with E-state index in [1.54, 1.807) is 6.20 Å². The summed E-state index contributed by atoms with van der Waals surface area (Å²) in [6, 6.07) is 12.2. The molecular weight excluding hydrogens is 224 g/mol. The molecule has 4 heteroatoms. The molecule has 0 aliphatic heterocycles. The van der Waals surface area contributed by atoms with Gasteiger partial charge in [-0.05, 0) is 29.7 Å². The van der Waals surface area contributed by atoms with E-state index >= 15 is 0 Å². The van der Waals surface area contributed by atoms with Crippen molar-refractivity contribution in [3.63, 3.8) is 0 Å². The number of nitrogens with zero attached hydrogens (tertiary/aromatic N) is 1. The molecule has 0 aliphatic rings. The minimum atomic E-state index is 0.549. The van der Waals surface area contributed by atoms with Crippen LogP contribution in [0.2, 0.25) is 0 Å². The molecule has 1 aromatic carbocycles. The molecule has 0 spiro atoms. The average molecular weight is 242 g/mol. The molecule has 0 unspecified atom stereocenters. The van der Waals surface area contributed by atoms with Crippen molar-refractivity contribution in [1.29, 1.82) is 0 Å². The van der Waals surface area contributed by atoms with Crippen molar-refractivity contribution in [2.45, 2.75) is 19.8 Å². The van der Waals surface area contributed by atoms with E-state index in [0.29, 0.717) is 11.7 Å². The maximum atomic E-state index is 5.32. The summed E-state index contributed by atoms with van der Waals surface area (Å²) in [5.41, 5.74) is 5.86. The molecule has 0 aliphatic carbocycles. The molecule has 94 valence electrons. The highest BCUT2D eigenvalue weighted by molar-refractivity contribution is 5.62. The van der Waals surface area contributed by atoms with Gasteiger partial charge in [-0.15, -0.1) is 0 Å². The molecular formula is C14H18N4. The molecule has 1 heterocycles. The largest absolute Gasteiger partial charge is 0.355 e. The lowest BCUT2D eigenvalue weighted by molar-refractivity contribution is 0.867. The van der Waals surface area contributed by atoms with Crippen LogP contribution in [-0.4, -0.2) is 4.98 Å². The number of aromatic nitrogens is 1. The van der Waals surface area contributed by atoms with Gasteiger partial charge in [-0.25, -0.2) is 10.8 Å². The first kappa shape index (κ1) is 12.4. The van der Waals surface area contributed by atoms with Gasteiger partial charge < -0.3 is 10.7 Å². The van der Waals surface area contributed by atoms with Gasteiger partial charge in [0.05, 0.1) is 0 Å². The standard InChI is InChI=1S/C14H18N4/c1-10(2)11-3-5-12(6-4-11)17-13-7-8-16-14(9-13)18-15/h3-10H,15H2,1-2H3,(H2,16,17,18). The Kier molecular flexibility index (Phi) is 3.79. The molecule has 18 heavy (non-hydrogen) atoms. The Balaban J connectivity index is 2.13. The van der Waals surface area contributed by atoms with Crippen LogP contribution in [0.5, 0.6) is 0 Å². The van der Waals surface area contributed by atoms with Crippen LogP contribution in [0.1, 0.15) is 25.3 Å². The van der Waals surface area contributed by atoms with Gasteiger partial charge in [-0.3, -0.25) is 0 Å². The summed E-state index contributed by atoms with van der Waals surface area (Å²) in [7, 11) is 0. The summed E-state index contributed by atoms with van der Waals surface area (Å²) in [6.45, 7) is 4.37. The topological polar surface area (TPSA) is 63.0 Å². The van der Waals surface area contributed by atoms with Crippen molar-refractivity contribution >= 4 is 17.2 Å². The number of anilines is 3. The van der Waals surface area contributed by atoms with Gasteiger partial charge >= 0.3 is 0 Å². The van der Waals surface area contributed by atoms with Gasteiger partial charge in [0.1, 0.15) is 5.82 Å². The molecule has 0 atom stereocenters. The number of hydrogen-bond donors (Lipinski definition) is 3. The molecule has 0 saturated carbocycles. The third-order valence-corrected chi connectivity index (χ3v) is 2.77. The first-order valence-electron chi connectivity index (χ1n) is 5.98. The van der Waals surface area contributed by atoms with Gasteiger partial charge in [0.2, 0.25) is 0 Å². The highest BCUT2D eigenvalue weighted by atomic mass is 15.2. The number of benzene rings is 1. The maximum absolute atomic E-state index is 5.32. The summed E-state index contributed by atoms with van der Waals surface area (Å²) in [5.74, 6) is 6.51. The predicted molar refractivity (Wildman–Crippen MR) is 75.9 cm³/mol. The van der Waals surface area contributed by atoms with E-state index in [0.717, 1.165) is 11.4 Å².